The largest absolute Gasteiger partial charge is 0.480 e. The summed E-state index contributed by atoms with van der Waals surface area (Å²) in [6.07, 6.45) is 9.79. The van der Waals surface area contributed by atoms with E-state index in [1.54, 1.807) is 13.8 Å². The number of hydrogen-bond acceptors (Lipinski definition) is 6. The van der Waals surface area contributed by atoms with E-state index in [0.717, 1.165) is 44.1 Å². The number of urea groups is 1. The molecule has 0 radical (unpaired) electrons. The Kier molecular flexibility index (Phi) is 9.59. The molecular weight excluding hydrogens is 458 g/mol. The summed E-state index contributed by atoms with van der Waals surface area (Å²) < 4.78 is 5.08. The lowest BCUT2D eigenvalue weighted by Gasteiger charge is -2.42. The number of carboxylic acids is 1. The molecule has 33 heavy (non-hydrogen) atoms. The van der Waals surface area contributed by atoms with Crippen molar-refractivity contribution in [2.45, 2.75) is 106 Å². The molecular formula is C24H39N3O4S2. The lowest BCUT2D eigenvalue weighted by molar-refractivity contribution is -0.138. The molecule has 186 valence electrons. The van der Waals surface area contributed by atoms with Gasteiger partial charge in [0, 0.05) is 12.1 Å². The highest BCUT2D eigenvalue weighted by Crippen LogP contribution is 2.38. The molecule has 0 aromatic rings. The number of amidine groups is 1. The van der Waals surface area contributed by atoms with Crippen molar-refractivity contribution in [1.29, 1.82) is 0 Å². The second-order valence-electron chi connectivity index (χ2n) is 9.95. The van der Waals surface area contributed by atoms with Crippen molar-refractivity contribution >= 4 is 40.7 Å². The van der Waals surface area contributed by atoms with Crippen molar-refractivity contribution in [3.05, 3.63) is 12.2 Å². The number of carboxylic acid groups (broad SMARTS) is 1. The molecule has 0 bridgehead atoms. The van der Waals surface area contributed by atoms with Crippen LogP contribution in [0.2, 0.25) is 0 Å². The normalized spacial score (nSPS) is 26.5. The number of nitrogens with one attached hydrogen (secondary N) is 1. The van der Waals surface area contributed by atoms with E-state index in [9.17, 15) is 14.7 Å². The first-order valence-corrected chi connectivity index (χ1v) is 13.9. The third-order valence-corrected chi connectivity index (χ3v) is 9.21. The van der Waals surface area contributed by atoms with Crippen LogP contribution in [0.25, 0.3) is 0 Å². The molecule has 2 saturated carbocycles. The minimum Gasteiger partial charge on any atom is -0.480 e. The van der Waals surface area contributed by atoms with Crippen molar-refractivity contribution < 1.29 is 19.4 Å². The van der Waals surface area contributed by atoms with Crippen LogP contribution in [0.3, 0.4) is 0 Å². The number of amides is 2. The monoisotopic (exact) mass is 497 g/mol. The van der Waals surface area contributed by atoms with E-state index in [0.29, 0.717) is 18.3 Å². The maximum atomic E-state index is 13.5. The van der Waals surface area contributed by atoms with Crippen LogP contribution in [0.15, 0.2) is 17.1 Å². The fourth-order valence-electron chi connectivity index (χ4n) is 4.76. The van der Waals surface area contributed by atoms with Gasteiger partial charge in [0.25, 0.3) is 0 Å². The van der Waals surface area contributed by atoms with E-state index in [4.69, 9.17) is 4.74 Å². The van der Waals surface area contributed by atoms with Crippen molar-refractivity contribution in [3.8, 4) is 0 Å². The lowest BCUT2D eigenvalue weighted by Crippen LogP contribution is -2.54. The lowest BCUT2D eigenvalue weighted by atomic mass is 9.88. The highest BCUT2D eigenvalue weighted by molar-refractivity contribution is 8.25. The average Bonchev–Trinajstić information content (AvgIpc) is 3.19. The van der Waals surface area contributed by atoms with Crippen LogP contribution in [0, 0.1) is 0 Å². The molecule has 2 amide bonds. The standard InChI is InChI=1S/C24H39N3O4S2/c1-16(2)15-31-19-12-10-18(11-13-19)27(17-8-6-5-7-9-17)23(30)26-22-25-14-20(32-22)33-24(3,4)21(28)29/h17-20H,1,5-15H2,2-4H3,(H,28,29)(H,25,26,30). The van der Waals surface area contributed by atoms with Gasteiger partial charge in [-0.2, -0.15) is 0 Å². The topological polar surface area (TPSA) is 91.2 Å². The fourth-order valence-corrected chi connectivity index (χ4v) is 7.55. The molecule has 7 nitrogen and oxygen atoms in total. The van der Waals surface area contributed by atoms with E-state index < -0.39 is 10.7 Å². The van der Waals surface area contributed by atoms with Crippen molar-refractivity contribution in [1.82, 2.24) is 10.2 Å². The SMILES string of the molecule is C=C(C)COC1CCC(N(C(=O)NC2=NCC(SC(C)(C)C(=O)O)S2)C2CCCCC2)CC1. The maximum absolute atomic E-state index is 13.5. The Bertz CT molecular complexity index is 744. The summed E-state index contributed by atoms with van der Waals surface area (Å²) in [5.74, 6) is -0.836. The van der Waals surface area contributed by atoms with E-state index >= 15 is 0 Å². The van der Waals surface area contributed by atoms with Gasteiger partial charge in [-0.05, 0) is 59.3 Å². The van der Waals surface area contributed by atoms with Crippen LogP contribution < -0.4 is 5.32 Å². The molecule has 2 N–H and O–H groups in total. The zero-order valence-electron chi connectivity index (χ0n) is 20.2. The quantitative estimate of drug-likeness (QED) is 0.445. The molecule has 1 atom stereocenters. The Morgan fingerprint density at radius 2 is 1.82 bits per heavy atom. The zero-order valence-corrected chi connectivity index (χ0v) is 21.8. The summed E-state index contributed by atoms with van der Waals surface area (Å²) in [4.78, 5) is 31.5. The smallest absolute Gasteiger partial charge is 0.323 e. The molecule has 2 aliphatic carbocycles. The van der Waals surface area contributed by atoms with Gasteiger partial charge in [0.1, 0.15) is 4.75 Å². The number of aliphatic carboxylic acids is 1. The van der Waals surface area contributed by atoms with Gasteiger partial charge in [0.05, 0.1) is 23.8 Å². The van der Waals surface area contributed by atoms with Gasteiger partial charge in [-0.3, -0.25) is 15.1 Å². The number of ether oxygens (including phenoxy) is 1. The van der Waals surface area contributed by atoms with Crippen LogP contribution in [-0.4, -0.2) is 67.8 Å². The number of carbonyl (C=O) groups excluding carboxylic acids is 1. The minimum atomic E-state index is -0.883. The molecule has 0 saturated heterocycles. The number of aliphatic imine (C=N–C) groups is 1. The molecule has 2 fully saturated rings. The Labute approximate surface area is 206 Å². The predicted molar refractivity (Wildman–Crippen MR) is 137 cm³/mol. The van der Waals surface area contributed by atoms with Crippen LogP contribution in [-0.2, 0) is 9.53 Å². The predicted octanol–water partition coefficient (Wildman–Crippen LogP) is 5.26. The van der Waals surface area contributed by atoms with E-state index in [-0.39, 0.29) is 28.8 Å². The zero-order chi connectivity index (χ0) is 24.0. The third kappa shape index (κ3) is 7.65. The fraction of sp³-hybridized carbons (Fsp3) is 0.792. The Morgan fingerprint density at radius 1 is 1.18 bits per heavy atom. The number of nitrogens with zero attached hydrogens (tertiary/aromatic N) is 2. The van der Waals surface area contributed by atoms with Crippen molar-refractivity contribution in [3.63, 3.8) is 0 Å². The van der Waals surface area contributed by atoms with Gasteiger partial charge in [-0.25, -0.2) is 4.79 Å². The molecule has 3 rings (SSSR count). The van der Waals surface area contributed by atoms with Gasteiger partial charge in [0.15, 0.2) is 5.17 Å². The van der Waals surface area contributed by atoms with Gasteiger partial charge in [0.2, 0.25) is 0 Å². The van der Waals surface area contributed by atoms with E-state index in [1.807, 2.05) is 6.92 Å². The Balaban J connectivity index is 1.58. The summed E-state index contributed by atoms with van der Waals surface area (Å²) in [6, 6.07) is 0.447. The number of thioether (sulfide) groups is 2. The van der Waals surface area contributed by atoms with E-state index in [2.05, 4.69) is 21.8 Å². The molecule has 0 spiro atoms. The molecule has 1 aliphatic heterocycles. The summed E-state index contributed by atoms with van der Waals surface area (Å²) >= 11 is 2.85. The average molecular weight is 498 g/mol. The van der Waals surface area contributed by atoms with Gasteiger partial charge >= 0.3 is 12.0 Å². The number of hydrogen-bond donors (Lipinski definition) is 2. The highest BCUT2D eigenvalue weighted by Gasteiger charge is 2.37. The molecule has 3 aliphatic rings. The minimum absolute atomic E-state index is 0.00423. The van der Waals surface area contributed by atoms with Crippen LogP contribution >= 0.6 is 23.5 Å². The summed E-state index contributed by atoms with van der Waals surface area (Å²) in [7, 11) is 0. The molecule has 9 heteroatoms. The van der Waals surface area contributed by atoms with Gasteiger partial charge in [-0.1, -0.05) is 43.2 Å². The number of carbonyl (C=O) groups is 2. The van der Waals surface area contributed by atoms with Crippen LogP contribution in [0.4, 0.5) is 4.79 Å². The number of rotatable bonds is 8. The molecule has 0 aromatic heterocycles. The summed E-state index contributed by atoms with van der Waals surface area (Å²) in [6.45, 7) is 10.4. The third-order valence-electron chi connectivity index (χ3n) is 6.59. The van der Waals surface area contributed by atoms with Gasteiger partial charge in [-0.15, -0.1) is 11.8 Å². The second kappa shape index (κ2) is 12.0. The van der Waals surface area contributed by atoms with E-state index in [1.165, 1.54) is 42.8 Å². The Hall–Kier alpha value is -1.19. The Morgan fingerprint density at radius 3 is 2.42 bits per heavy atom. The van der Waals surface area contributed by atoms with Gasteiger partial charge < -0.3 is 14.7 Å². The summed E-state index contributed by atoms with van der Waals surface area (Å²) in [5, 5.41) is 13.1. The first-order valence-electron chi connectivity index (χ1n) is 12.1. The molecule has 1 unspecified atom stereocenters. The van der Waals surface area contributed by atoms with Crippen molar-refractivity contribution in [2.75, 3.05) is 13.2 Å². The second-order valence-corrected chi connectivity index (χ2v) is 13.3. The molecule has 1 heterocycles. The van der Waals surface area contributed by atoms with Crippen LogP contribution in [0.1, 0.15) is 78.6 Å². The molecule has 0 aromatic carbocycles. The first-order chi connectivity index (χ1) is 15.7. The van der Waals surface area contributed by atoms with Crippen LogP contribution in [0.5, 0.6) is 0 Å². The van der Waals surface area contributed by atoms with Crippen molar-refractivity contribution in [2.24, 2.45) is 4.99 Å². The highest BCUT2D eigenvalue weighted by atomic mass is 32.2. The summed E-state index contributed by atoms with van der Waals surface area (Å²) in [5.41, 5.74) is 1.04. The first kappa shape index (κ1) is 26.4. The maximum Gasteiger partial charge on any atom is 0.323 e.